The predicted octanol–water partition coefficient (Wildman–Crippen LogP) is 2.73. The first kappa shape index (κ1) is 24.4. The van der Waals surface area contributed by atoms with E-state index in [0.717, 1.165) is 6.42 Å². The topological polar surface area (TPSA) is 81.2 Å². The minimum atomic E-state index is -0.857. The number of hydrogen-bond donors (Lipinski definition) is 1. The zero-order valence-electron chi connectivity index (χ0n) is 19.7. The lowest BCUT2D eigenvalue weighted by atomic mass is 9.78. The van der Waals surface area contributed by atoms with Crippen LogP contribution in [0.5, 0.6) is 0 Å². The first-order valence-corrected chi connectivity index (χ1v) is 13.5. The molecule has 5 rings (SSSR count). The van der Waals surface area contributed by atoms with Crippen molar-refractivity contribution in [1.29, 1.82) is 0 Å². The van der Waals surface area contributed by atoms with Gasteiger partial charge in [-0.2, -0.15) is 0 Å². The number of benzene rings is 1. The summed E-state index contributed by atoms with van der Waals surface area (Å²) in [5.41, 5.74) is 0.598. The van der Waals surface area contributed by atoms with Crippen LogP contribution >= 0.6 is 23.4 Å². The standard InChI is InChI=1S/C26H30ClN3O4S/c1-2-12-28-13-5-10-19-20(23(28)32)21-24(33)30(15-7-16-31)22-25(34)29(14-6-11-26(21,22)35-19)18-9-4-3-8-17(18)27/h3-6,8-11,19-22,31H,2,7,12-16H2,1H3/t19-,20+,21+,22?,26+/m1/s1. The molecule has 9 heteroatoms. The number of fused-ring (bicyclic) bond motifs is 2. The van der Waals surface area contributed by atoms with E-state index in [1.54, 1.807) is 33.7 Å². The van der Waals surface area contributed by atoms with Gasteiger partial charge in [-0.25, -0.2) is 0 Å². The van der Waals surface area contributed by atoms with Gasteiger partial charge in [0, 0.05) is 38.0 Å². The van der Waals surface area contributed by atoms with Crippen LogP contribution in [0.1, 0.15) is 19.8 Å². The molecule has 186 valence electrons. The summed E-state index contributed by atoms with van der Waals surface area (Å²) in [5.74, 6) is -1.56. The predicted molar refractivity (Wildman–Crippen MR) is 137 cm³/mol. The summed E-state index contributed by atoms with van der Waals surface area (Å²) < 4.78 is -0.857. The molecule has 0 aromatic heterocycles. The van der Waals surface area contributed by atoms with Gasteiger partial charge in [0.1, 0.15) is 6.04 Å². The average Bonchev–Trinajstić information content (AvgIpc) is 3.16. The Labute approximate surface area is 214 Å². The average molecular weight is 516 g/mol. The summed E-state index contributed by atoms with van der Waals surface area (Å²) >= 11 is 8.03. The number of aliphatic hydroxyl groups is 1. The van der Waals surface area contributed by atoms with Crippen molar-refractivity contribution in [1.82, 2.24) is 9.80 Å². The molecular weight excluding hydrogens is 486 g/mol. The van der Waals surface area contributed by atoms with Crippen molar-refractivity contribution >= 4 is 46.8 Å². The zero-order chi connectivity index (χ0) is 24.7. The van der Waals surface area contributed by atoms with Crippen molar-refractivity contribution in [3.63, 3.8) is 0 Å². The molecule has 1 unspecified atom stereocenters. The minimum absolute atomic E-state index is 0.0135. The van der Waals surface area contributed by atoms with E-state index in [2.05, 4.69) is 0 Å². The number of para-hydroxylation sites is 1. The Morgan fingerprint density at radius 2 is 1.89 bits per heavy atom. The van der Waals surface area contributed by atoms with E-state index >= 15 is 0 Å². The van der Waals surface area contributed by atoms with Crippen molar-refractivity contribution < 1.29 is 19.5 Å². The van der Waals surface area contributed by atoms with Crippen molar-refractivity contribution in [2.75, 3.05) is 37.7 Å². The van der Waals surface area contributed by atoms with Crippen molar-refractivity contribution in [3.05, 3.63) is 53.6 Å². The molecule has 1 spiro atoms. The van der Waals surface area contributed by atoms with Gasteiger partial charge in [-0.1, -0.05) is 55.0 Å². The SMILES string of the molecule is CCCN1CC=C[C@H]2S[C@]34C=CCN(c5ccccc5Cl)C(=O)C3N(CCCO)C(=O)[C@@H]4[C@H]2C1=O. The lowest BCUT2D eigenvalue weighted by molar-refractivity contribution is -0.142. The Kier molecular flexibility index (Phi) is 6.72. The molecule has 4 heterocycles. The molecule has 1 N–H and O–H groups in total. The van der Waals surface area contributed by atoms with Gasteiger partial charge in [-0.05, 0) is 25.0 Å². The molecule has 2 fully saturated rings. The number of hydrogen-bond acceptors (Lipinski definition) is 5. The number of anilines is 1. The summed E-state index contributed by atoms with van der Waals surface area (Å²) in [6, 6.07) is 6.42. The summed E-state index contributed by atoms with van der Waals surface area (Å²) in [6.45, 7) is 3.72. The minimum Gasteiger partial charge on any atom is -0.396 e. The van der Waals surface area contributed by atoms with Gasteiger partial charge < -0.3 is 19.8 Å². The number of amides is 3. The second-order valence-electron chi connectivity index (χ2n) is 9.47. The van der Waals surface area contributed by atoms with Crippen molar-refractivity contribution in [2.45, 2.75) is 35.8 Å². The molecule has 2 saturated heterocycles. The van der Waals surface area contributed by atoms with E-state index in [1.165, 1.54) is 0 Å². The van der Waals surface area contributed by atoms with Crippen LogP contribution < -0.4 is 4.90 Å². The third-order valence-electron chi connectivity index (χ3n) is 7.44. The van der Waals surface area contributed by atoms with E-state index in [4.69, 9.17) is 11.6 Å². The number of rotatable bonds is 6. The van der Waals surface area contributed by atoms with Crippen LogP contribution in [0.25, 0.3) is 0 Å². The lowest BCUT2D eigenvalue weighted by Crippen LogP contribution is -2.53. The van der Waals surface area contributed by atoms with E-state index < -0.39 is 22.6 Å². The molecule has 4 aliphatic rings. The molecule has 0 radical (unpaired) electrons. The van der Waals surface area contributed by atoms with Crippen LogP contribution in [-0.4, -0.2) is 81.5 Å². The van der Waals surface area contributed by atoms with Crippen LogP contribution in [0.15, 0.2) is 48.6 Å². The molecule has 0 bridgehead atoms. The number of carbonyl (C=O) groups is 3. The number of aliphatic hydroxyl groups excluding tert-OH is 1. The molecule has 0 saturated carbocycles. The largest absolute Gasteiger partial charge is 0.396 e. The Morgan fingerprint density at radius 1 is 1.09 bits per heavy atom. The maximum atomic E-state index is 14.2. The number of thioether (sulfide) groups is 1. The smallest absolute Gasteiger partial charge is 0.251 e. The molecule has 35 heavy (non-hydrogen) atoms. The molecule has 1 aromatic rings. The van der Waals surface area contributed by atoms with Crippen LogP contribution in [0, 0.1) is 11.8 Å². The lowest BCUT2D eigenvalue weighted by Gasteiger charge is -2.35. The molecule has 5 atom stereocenters. The highest BCUT2D eigenvalue weighted by Gasteiger charge is 2.70. The number of nitrogens with zero attached hydrogens (tertiary/aromatic N) is 3. The number of likely N-dealkylation sites (tertiary alicyclic amines) is 1. The maximum absolute atomic E-state index is 14.2. The number of halogens is 1. The van der Waals surface area contributed by atoms with Gasteiger partial charge in [-0.15, -0.1) is 11.8 Å². The normalized spacial score (nSPS) is 32.0. The van der Waals surface area contributed by atoms with Gasteiger partial charge in [0.05, 0.1) is 27.3 Å². The first-order chi connectivity index (χ1) is 16.9. The highest BCUT2D eigenvalue weighted by Crippen LogP contribution is 2.61. The second-order valence-corrected chi connectivity index (χ2v) is 11.4. The number of carbonyl (C=O) groups excluding carboxylic acids is 3. The quantitative estimate of drug-likeness (QED) is 0.589. The first-order valence-electron chi connectivity index (χ1n) is 12.2. The Morgan fingerprint density at radius 3 is 2.63 bits per heavy atom. The zero-order valence-corrected chi connectivity index (χ0v) is 21.3. The Hall–Kier alpha value is -2.29. The molecule has 7 nitrogen and oxygen atoms in total. The maximum Gasteiger partial charge on any atom is 0.251 e. The van der Waals surface area contributed by atoms with Gasteiger partial charge >= 0.3 is 0 Å². The summed E-state index contributed by atoms with van der Waals surface area (Å²) in [7, 11) is 0. The Balaban J connectivity index is 1.60. The highest BCUT2D eigenvalue weighted by molar-refractivity contribution is 8.02. The second kappa shape index (κ2) is 9.64. The van der Waals surface area contributed by atoms with Gasteiger partial charge in [-0.3, -0.25) is 14.4 Å². The van der Waals surface area contributed by atoms with E-state index in [9.17, 15) is 19.5 Å². The summed E-state index contributed by atoms with van der Waals surface area (Å²) in [5, 5.41) is 9.81. The van der Waals surface area contributed by atoms with Gasteiger partial charge in [0.2, 0.25) is 11.8 Å². The third-order valence-corrected chi connectivity index (χ3v) is 9.50. The fourth-order valence-electron chi connectivity index (χ4n) is 6.03. The van der Waals surface area contributed by atoms with Crippen LogP contribution in [0.3, 0.4) is 0 Å². The summed E-state index contributed by atoms with van der Waals surface area (Å²) in [6.07, 6.45) is 9.20. The third kappa shape index (κ3) is 3.81. The van der Waals surface area contributed by atoms with Crippen LogP contribution in [0.2, 0.25) is 5.02 Å². The summed E-state index contributed by atoms with van der Waals surface area (Å²) in [4.78, 5) is 47.0. The van der Waals surface area contributed by atoms with Crippen molar-refractivity contribution in [3.8, 4) is 0 Å². The van der Waals surface area contributed by atoms with Crippen LogP contribution in [0.4, 0.5) is 5.69 Å². The fourth-order valence-corrected chi connectivity index (χ4v) is 8.27. The van der Waals surface area contributed by atoms with Crippen LogP contribution in [-0.2, 0) is 14.4 Å². The Bertz CT molecular complexity index is 1090. The fraction of sp³-hybridized carbons (Fsp3) is 0.500. The van der Waals surface area contributed by atoms with Gasteiger partial charge in [0.15, 0.2) is 0 Å². The highest BCUT2D eigenvalue weighted by atomic mass is 35.5. The molecule has 4 aliphatic heterocycles. The van der Waals surface area contributed by atoms with E-state index in [-0.39, 0.29) is 36.1 Å². The molecule has 1 aromatic carbocycles. The van der Waals surface area contributed by atoms with E-state index in [1.807, 2.05) is 48.3 Å². The molecule has 0 aliphatic carbocycles. The van der Waals surface area contributed by atoms with Gasteiger partial charge in [0.25, 0.3) is 5.91 Å². The molecule has 3 amide bonds. The van der Waals surface area contributed by atoms with E-state index in [0.29, 0.717) is 36.8 Å². The van der Waals surface area contributed by atoms with Crippen molar-refractivity contribution in [2.24, 2.45) is 11.8 Å². The molecular formula is C26H30ClN3O4S. The monoisotopic (exact) mass is 515 g/mol.